The van der Waals surface area contributed by atoms with E-state index in [1.807, 2.05) is 0 Å². The van der Waals surface area contributed by atoms with Crippen LogP contribution in [-0.4, -0.2) is 31.6 Å². The summed E-state index contributed by atoms with van der Waals surface area (Å²) in [5, 5.41) is 27.8. The first-order valence-electron chi connectivity index (χ1n) is 4.88. The van der Waals surface area contributed by atoms with Gasteiger partial charge in [0.25, 0.3) is 0 Å². The van der Waals surface area contributed by atoms with E-state index in [1.165, 1.54) is 24.5 Å². The predicted octanol–water partition coefficient (Wildman–Crippen LogP) is 0.0221. The Morgan fingerprint density at radius 3 is 2.89 bits per heavy atom. The van der Waals surface area contributed by atoms with Crippen molar-refractivity contribution in [3.05, 3.63) is 40.4 Å². The smallest absolute Gasteiger partial charge is 0.363 e. The molecule has 92 valence electrons. The molecule has 2 aromatic rings. The van der Waals surface area contributed by atoms with E-state index in [0.29, 0.717) is 5.56 Å². The van der Waals surface area contributed by atoms with Crippen molar-refractivity contribution in [3.63, 3.8) is 0 Å². The lowest BCUT2D eigenvalue weighted by molar-refractivity contribution is 0.403. The zero-order valence-corrected chi connectivity index (χ0v) is 9.03. The van der Waals surface area contributed by atoms with Crippen molar-refractivity contribution in [2.24, 2.45) is 5.10 Å². The third-order valence-corrected chi connectivity index (χ3v) is 1.96. The van der Waals surface area contributed by atoms with Crippen LogP contribution in [0.25, 0.3) is 0 Å². The second-order valence-corrected chi connectivity index (χ2v) is 3.29. The molecule has 1 aromatic carbocycles. The zero-order valence-electron chi connectivity index (χ0n) is 9.03. The fourth-order valence-corrected chi connectivity index (χ4v) is 1.16. The number of aromatic amines is 1. The van der Waals surface area contributed by atoms with Gasteiger partial charge in [-0.05, 0) is 23.8 Å². The number of hydrogen-bond donors (Lipinski definition) is 4. The minimum Gasteiger partial charge on any atom is -0.504 e. The zero-order chi connectivity index (χ0) is 13.0. The van der Waals surface area contributed by atoms with Gasteiger partial charge in [0.2, 0.25) is 0 Å². The van der Waals surface area contributed by atoms with Crippen molar-refractivity contribution in [1.82, 2.24) is 15.2 Å². The number of hydrogen-bond acceptors (Lipinski definition) is 7. The highest BCUT2D eigenvalue weighted by atomic mass is 16.3. The van der Waals surface area contributed by atoms with E-state index >= 15 is 0 Å². The van der Waals surface area contributed by atoms with Gasteiger partial charge in [0, 0.05) is 0 Å². The molecule has 0 fully saturated rings. The third-order valence-electron chi connectivity index (χ3n) is 1.96. The monoisotopic (exact) mass is 247 g/mol. The van der Waals surface area contributed by atoms with Crippen LogP contribution >= 0.6 is 0 Å². The topological polar surface area (TPSA) is 123 Å². The molecule has 0 aliphatic rings. The Morgan fingerprint density at radius 2 is 2.17 bits per heavy atom. The number of hydrazone groups is 1. The maximum Gasteiger partial charge on any atom is 0.363 e. The number of H-pyrrole nitrogens is 1. The maximum absolute atomic E-state index is 10.8. The second-order valence-electron chi connectivity index (χ2n) is 3.29. The Morgan fingerprint density at radius 1 is 1.33 bits per heavy atom. The number of phenols is 2. The van der Waals surface area contributed by atoms with Crippen LogP contribution in [0.1, 0.15) is 5.56 Å². The van der Waals surface area contributed by atoms with Crippen LogP contribution in [0.3, 0.4) is 0 Å². The third kappa shape index (κ3) is 2.82. The lowest BCUT2D eigenvalue weighted by Gasteiger charge is -1.99. The summed E-state index contributed by atoms with van der Waals surface area (Å²) in [5.41, 5.74) is 2.48. The molecule has 8 heteroatoms. The normalized spacial score (nSPS) is 10.7. The number of anilines is 1. The summed E-state index contributed by atoms with van der Waals surface area (Å²) in [4.78, 5) is 14.4. The van der Waals surface area contributed by atoms with Crippen LogP contribution in [0.5, 0.6) is 11.5 Å². The molecule has 0 aliphatic carbocycles. The molecule has 0 saturated carbocycles. The largest absolute Gasteiger partial charge is 0.504 e. The van der Waals surface area contributed by atoms with Crippen molar-refractivity contribution in [2.75, 3.05) is 5.43 Å². The van der Waals surface area contributed by atoms with Gasteiger partial charge in [0.1, 0.15) is 0 Å². The molecule has 0 unspecified atom stereocenters. The molecular weight excluding hydrogens is 238 g/mol. The van der Waals surface area contributed by atoms with Crippen molar-refractivity contribution in [2.45, 2.75) is 0 Å². The predicted molar refractivity (Wildman–Crippen MR) is 63.6 cm³/mol. The van der Waals surface area contributed by atoms with Crippen molar-refractivity contribution < 1.29 is 10.2 Å². The number of aromatic hydroxyl groups is 2. The summed E-state index contributed by atoms with van der Waals surface area (Å²) in [7, 11) is 0. The fourth-order valence-electron chi connectivity index (χ4n) is 1.16. The second kappa shape index (κ2) is 4.95. The first-order chi connectivity index (χ1) is 8.65. The molecule has 0 atom stereocenters. The molecule has 0 saturated heterocycles. The molecule has 0 aliphatic heterocycles. The molecule has 0 amide bonds. The van der Waals surface area contributed by atoms with Gasteiger partial charge in [0.15, 0.2) is 17.3 Å². The quantitative estimate of drug-likeness (QED) is 0.344. The number of nitrogens with one attached hydrogen (secondary N) is 2. The van der Waals surface area contributed by atoms with Gasteiger partial charge in [-0.25, -0.2) is 9.89 Å². The van der Waals surface area contributed by atoms with Crippen LogP contribution < -0.4 is 11.1 Å². The van der Waals surface area contributed by atoms with Gasteiger partial charge in [-0.15, -0.1) is 0 Å². The molecule has 1 aromatic heterocycles. The average molecular weight is 247 g/mol. The number of phenolic OH excluding ortho intramolecular Hbond substituents is 2. The van der Waals surface area contributed by atoms with Gasteiger partial charge in [0.05, 0.1) is 12.4 Å². The Hall–Kier alpha value is -2.90. The Kier molecular flexibility index (Phi) is 3.19. The van der Waals surface area contributed by atoms with Crippen molar-refractivity contribution >= 4 is 12.0 Å². The standard InChI is InChI=1S/C10H9N5O3/c16-7-2-1-6(3-8(7)17)4-11-14-9-5-12-15-10(18)13-9/h1-5,16-17H,(H2,13,14,15,18)/b11-4+. The van der Waals surface area contributed by atoms with E-state index in [1.54, 1.807) is 6.07 Å². The summed E-state index contributed by atoms with van der Waals surface area (Å²) < 4.78 is 0. The van der Waals surface area contributed by atoms with E-state index in [9.17, 15) is 9.90 Å². The van der Waals surface area contributed by atoms with E-state index in [2.05, 4.69) is 25.7 Å². The summed E-state index contributed by atoms with van der Waals surface area (Å²) in [6.07, 6.45) is 2.69. The molecule has 0 spiro atoms. The number of aromatic nitrogens is 3. The minimum atomic E-state index is -0.586. The van der Waals surface area contributed by atoms with Crippen molar-refractivity contribution in [3.8, 4) is 11.5 Å². The fraction of sp³-hybridized carbons (Fsp3) is 0. The van der Waals surface area contributed by atoms with Crippen LogP contribution in [-0.2, 0) is 0 Å². The number of benzene rings is 1. The molecule has 0 bridgehead atoms. The van der Waals surface area contributed by atoms with Crippen LogP contribution in [0, 0.1) is 0 Å². The highest BCUT2D eigenvalue weighted by Gasteiger charge is 1.98. The molecule has 18 heavy (non-hydrogen) atoms. The minimum absolute atomic E-state index is 0.193. The molecular formula is C10H9N5O3. The first kappa shape index (κ1) is 11.6. The highest BCUT2D eigenvalue weighted by Crippen LogP contribution is 2.23. The summed E-state index contributed by atoms with van der Waals surface area (Å²) in [6.45, 7) is 0. The Bertz CT molecular complexity index is 637. The molecule has 4 N–H and O–H groups in total. The highest BCUT2D eigenvalue weighted by molar-refractivity contribution is 5.81. The molecule has 0 radical (unpaired) electrons. The maximum atomic E-state index is 10.8. The molecule has 8 nitrogen and oxygen atoms in total. The summed E-state index contributed by atoms with van der Waals surface area (Å²) in [6, 6.07) is 4.23. The van der Waals surface area contributed by atoms with E-state index in [-0.39, 0.29) is 17.3 Å². The Balaban J connectivity index is 2.07. The van der Waals surface area contributed by atoms with E-state index in [4.69, 9.17) is 5.11 Å². The van der Waals surface area contributed by atoms with Gasteiger partial charge in [-0.1, -0.05) is 0 Å². The Labute approximate surface area is 101 Å². The van der Waals surface area contributed by atoms with Gasteiger partial charge in [-0.2, -0.15) is 15.2 Å². The number of rotatable bonds is 3. The summed E-state index contributed by atoms with van der Waals surface area (Å²) in [5.74, 6) is -0.256. The van der Waals surface area contributed by atoms with Gasteiger partial charge < -0.3 is 10.2 Å². The van der Waals surface area contributed by atoms with Gasteiger partial charge >= 0.3 is 5.69 Å². The van der Waals surface area contributed by atoms with E-state index in [0.717, 1.165) is 0 Å². The lowest BCUT2D eigenvalue weighted by atomic mass is 10.2. The van der Waals surface area contributed by atoms with Crippen molar-refractivity contribution in [1.29, 1.82) is 0 Å². The first-order valence-corrected chi connectivity index (χ1v) is 4.88. The summed E-state index contributed by atoms with van der Waals surface area (Å²) >= 11 is 0. The molecule has 1 heterocycles. The van der Waals surface area contributed by atoms with E-state index < -0.39 is 5.69 Å². The number of nitrogens with zero attached hydrogens (tertiary/aromatic N) is 3. The van der Waals surface area contributed by atoms with Gasteiger partial charge in [-0.3, -0.25) is 5.43 Å². The lowest BCUT2D eigenvalue weighted by Crippen LogP contribution is -2.13. The SMILES string of the molecule is O=c1nc(N/N=C/c2ccc(O)c(O)c2)cn[nH]1. The van der Waals surface area contributed by atoms with Crippen LogP contribution in [0.4, 0.5) is 5.82 Å². The molecule has 2 rings (SSSR count). The van der Waals surface area contributed by atoms with Crippen LogP contribution in [0.15, 0.2) is 34.3 Å². The average Bonchev–Trinajstić information content (AvgIpc) is 2.34. The van der Waals surface area contributed by atoms with Crippen LogP contribution in [0.2, 0.25) is 0 Å².